The molecule has 0 bridgehead atoms. The molecule has 0 aliphatic heterocycles. The summed E-state index contributed by atoms with van der Waals surface area (Å²) in [5, 5.41) is 6.44. The fourth-order valence-electron chi connectivity index (χ4n) is 3.03. The quantitative estimate of drug-likeness (QED) is 0.250. The third kappa shape index (κ3) is 7.62. The van der Waals surface area contributed by atoms with Crippen LogP contribution < -0.4 is 16.1 Å². The molecule has 6 nitrogen and oxygen atoms in total. The summed E-state index contributed by atoms with van der Waals surface area (Å²) in [4.78, 5) is 30.1. The van der Waals surface area contributed by atoms with Crippen LogP contribution in [0.1, 0.15) is 34.8 Å². The zero-order valence-electron chi connectivity index (χ0n) is 18.5. The number of carbonyl (C=O) groups is 2. The Morgan fingerprint density at radius 1 is 0.886 bits per heavy atom. The molecule has 3 amide bonds. The van der Waals surface area contributed by atoms with E-state index in [1.807, 2.05) is 13.0 Å². The van der Waals surface area contributed by atoms with Crippen LogP contribution in [-0.2, 0) is 11.4 Å². The largest absolute Gasteiger partial charge is 0.326 e. The second kappa shape index (κ2) is 12.8. The molecule has 0 aliphatic carbocycles. The zero-order valence-corrected chi connectivity index (χ0v) is 21.5. The minimum Gasteiger partial charge on any atom is -0.308 e. The van der Waals surface area contributed by atoms with Crippen molar-refractivity contribution >= 4 is 69.7 Å². The lowest BCUT2D eigenvalue weighted by atomic mass is 10.1. The first-order chi connectivity index (χ1) is 16.8. The van der Waals surface area contributed by atoms with Crippen molar-refractivity contribution in [2.75, 3.05) is 5.32 Å². The normalized spacial score (nSPS) is 11.2. The van der Waals surface area contributed by atoms with E-state index in [2.05, 4.69) is 16.1 Å². The van der Waals surface area contributed by atoms with E-state index in [4.69, 9.17) is 51.2 Å². The van der Waals surface area contributed by atoms with Gasteiger partial charge in [0.1, 0.15) is 6.61 Å². The predicted octanol–water partition coefficient (Wildman–Crippen LogP) is 7.73. The van der Waals surface area contributed by atoms with E-state index >= 15 is 0 Å². The molecule has 0 unspecified atom stereocenters. The maximum atomic E-state index is 12.2. The number of halogens is 4. The summed E-state index contributed by atoms with van der Waals surface area (Å²) in [6.45, 7) is 2.13. The van der Waals surface area contributed by atoms with Crippen LogP contribution in [-0.4, -0.2) is 11.9 Å². The van der Waals surface area contributed by atoms with E-state index < -0.39 is 11.9 Å². The molecule has 3 rings (SSSR count). The number of anilines is 1. The molecular weight excluding hydrogens is 532 g/mol. The number of nitrogens with one attached hydrogen (secondary N) is 3. The molecule has 0 spiro atoms. The number of allylic oxidation sites excluding steroid dienone is 1. The predicted molar refractivity (Wildman–Crippen MR) is 142 cm³/mol. The number of urea groups is 1. The first-order valence-electron chi connectivity index (χ1n) is 10.5. The lowest BCUT2D eigenvalue weighted by Gasteiger charge is -2.14. The Bertz CT molecular complexity index is 1260. The van der Waals surface area contributed by atoms with Crippen molar-refractivity contribution in [1.29, 1.82) is 0 Å². The van der Waals surface area contributed by atoms with Gasteiger partial charge in [-0.1, -0.05) is 77.6 Å². The second-order valence-corrected chi connectivity index (χ2v) is 8.89. The Morgan fingerprint density at radius 3 is 2.34 bits per heavy atom. The van der Waals surface area contributed by atoms with Crippen molar-refractivity contribution in [2.45, 2.75) is 20.0 Å². The van der Waals surface area contributed by atoms with Crippen LogP contribution in [0.15, 0.2) is 66.7 Å². The number of carbonyl (C=O) groups excluding carboxylic acids is 2. The van der Waals surface area contributed by atoms with Crippen molar-refractivity contribution in [2.24, 2.45) is 0 Å². The van der Waals surface area contributed by atoms with Crippen molar-refractivity contribution in [3.63, 3.8) is 0 Å². The van der Waals surface area contributed by atoms with Gasteiger partial charge in [0.25, 0.3) is 5.91 Å². The Hall–Kier alpha value is -2.74. The highest BCUT2D eigenvalue weighted by atomic mass is 35.5. The average molecular weight is 553 g/mol. The van der Waals surface area contributed by atoms with Crippen LogP contribution >= 0.6 is 46.4 Å². The summed E-state index contributed by atoms with van der Waals surface area (Å²) in [5.41, 5.74) is 5.63. The molecule has 35 heavy (non-hydrogen) atoms. The highest BCUT2D eigenvalue weighted by molar-refractivity contribution is 6.36. The van der Waals surface area contributed by atoms with Crippen molar-refractivity contribution in [3.8, 4) is 0 Å². The molecule has 0 atom stereocenters. The highest BCUT2D eigenvalue weighted by Gasteiger charge is 2.14. The smallest absolute Gasteiger partial charge is 0.308 e. The molecule has 0 saturated carbocycles. The Balaban J connectivity index is 1.57. The van der Waals surface area contributed by atoms with Crippen LogP contribution in [0.4, 0.5) is 10.5 Å². The molecule has 0 heterocycles. The molecule has 3 N–H and O–H groups in total. The van der Waals surface area contributed by atoms with Gasteiger partial charge in [0.15, 0.2) is 0 Å². The molecule has 0 aromatic heterocycles. The van der Waals surface area contributed by atoms with Crippen molar-refractivity contribution in [3.05, 3.63) is 104 Å². The SMILES string of the molecule is CCC=C(NOCc1ccc(NC(=O)NC(=O)c2ccccc2Cl)cc1Cl)c1ccc(Cl)cc1Cl. The maximum absolute atomic E-state index is 12.2. The summed E-state index contributed by atoms with van der Waals surface area (Å²) in [5.74, 6) is -0.618. The number of hydroxylamine groups is 1. The highest BCUT2D eigenvalue weighted by Crippen LogP contribution is 2.27. The van der Waals surface area contributed by atoms with Gasteiger partial charge in [-0.2, -0.15) is 0 Å². The summed E-state index contributed by atoms with van der Waals surface area (Å²) >= 11 is 24.6. The van der Waals surface area contributed by atoms with E-state index in [0.717, 1.165) is 12.0 Å². The number of hydrogen-bond acceptors (Lipinski definition) is 4. The summed E-state index contributed by atoms with van der Waals surface area (Å²) in [7, 11) is 0. The van der Waals surface area contributed by atoms with Gasteiger partial charge in [-0.05, 0) is 54.4 Å². The first-order valence-corrected chi connectivity index (χ1v) is 12.0. The summed E-state index contributed by atoms with van der Waals surface area (Å²) in [6, 6.07) is 15.8. The van der Waals surface area contributed by atoms with E-state index in [1.165, 1.54) is 6.07 Å². The van der Waals surface area contributed by atoms with Crippen LogP contribution in [0.3, 0.4) is 0 Å². The monoisotopic (exact) mass is 551 g/mol. The molecule has 10 heteroatoms. The topological polar surface area (TPSA) is 79.5 Å². The van der Waals surface area contributed by atoms with Gasteiger partial charge in [0.05, 0.1) is 21.3 Å². The van der Waals surface area contributed by atoms with Gasteiger partial charge >= 0.3 is 6.03 Å². The van der Waals surface area contributed by atoms with Crippen LogP contribution in [0.2, 0.25) is 20.1 Å². The van der Waals surface area contributed by atoms with Gasteiger partial charge in [-0.3, -0.25) is 20.4 Å². The fraction of sp³-hybridized carbons (Fsp3) is 0.120. The maximum Gasteiger partial charge on any atom is 0.326 e. The average Bonchev–Trinajstić information content (AvgIpc) is 2.80. The van der Waals surface area contributed by atoms with Gasteiger partial charge in [-0.15, -0.1) is 0 Å². The van der Waals surface area contributed by atoms with Gasteiger partial charge in [0.2, 0.25) is 0 Å². The lowest BCUT2D eigenvalue weighted by molar-refractivity contribution is 0.0645. The molecule has 0 saturated heterocycles. The molecule has 0 fully saturated rings. The van der Waals surface area contributed by atoms with Crippen molar-refractivity contribution in [1.82, 2.24) is 10.8 Å². The molecule has 3 aromatic carbocycles. The minimum absolute atomic E-state index is 0.141. The molecule has 0 radical (unpaired) electrons. The summed E-state index contributed by atoms with van der Waals surface area (Å²) in [6.07, 6.45) is 2.69. The van der Waals surface area contributed by atoms with E-state index in [0.29, 0.717) is 32.0 Å². The molecule has 182 valence electrons. The Labute approximate surface area is 223 Å². The fourth-order valence-corrected chi connectivity index (χ4v) is 4.00. The lowest BCUT2D eigenvalue weighted by Crippen LogP contribution is -2.34. The van der Waals surface area contributed by atoms with Gasteiger partial charge in [0, 0.05) is 21.3 Å². The first kappa shape index (κ1) is 26.9. The zero-order chi connectivity index (χ0) is 25.4. The van der Waals surface area contributed by atoms with Crippen molar-refractivity contribution < 1.29 is 14.4 Å². The van der Waals surface area contributed by atoms with Crippen LogP contribution in [0, 0.1) is 0 Å². The number of imide groups is 1. The number of benzene rings is 3. The van der Waals surface area contributed by atoms with E-state index in [-0.39, 0.29) is 17.2 Å². The number of hydrogen-bond donors (Lipinski definition) is 3. The number of amides is 3. The Morgan fingerprint density at radius 2 is 1.66 bits per heavy atom. The standard InChI is InChI=1S/C25H21Cl4N3O3/c1-2-5-23(18-11-9-16(26)12-22(18)29)32-35-14-15-8-10-17(13-21(15)28)30-25(34)31-24(33)19-6-3-4-7-20(19)27/h3-13,32H,2,14H2,1H3,(H2,30,31,33,34). The summed E-state index contributed by atoms with van der Waals surface area (Å²) < 4.78 is 0. The second-order valence-electron chi connectivity index (χ2n) is 7.24. The van der Waals surface area contributed by atoms with E-state index in [1.54, 1.807) is 54.6 Å². The van der Waals surface area contributed by atoms with Gasteiger partial charge in [-0.25, -0.2) is 4.79 Å². The van der Waals surface area contributed by atoms with E-state index in [9.17, 15) is 9.59 Å². The Kier molecular flexibility index (Phi) is 9.83. The third-order valence-corrected chi connectivity index (χ3v) is 5.93. The molecule has 3 aromatic rings. The molecule has 0 aliphatic rings. The van der Waals surface area contributed by atoms with Crippen LogP contribution in [0.25, 0.3) is 5.70 Å². The molecular formula is C25H21Cl4N3O3. The minimum atomic E-state index is -0.717. The number of rotatable bonds is 8. The van der Waals surface area contributed by atoms with Crippen LogP contribution in [0.5, 0.6) is 0 Å². The van der Waals surface area contributed by atoms with Gasteiger partial charge < -0.3 is 5.32 Å². The third-order valence-electron chi connectivity index (χ3n) is 4.70.